The maximum absolute atomic E-state index is 10.5. The highest BCUT2D eigenvalue weighted by Crippen LogP contribution is 2.18. The topological polar surface area (TPSA) is 85.4 Å². The first kappa shape index (κ1) is 8.32. The van der Waals surface area contributed by atoms with E-state index in [1.54, 1.807) is 0 Å². The summed E-state index contributed by atoms with van der Waals surface area (Å²) in [4.78, 5) is 14.1. The van der Waals surface area contributed by atoms with Gasteiger partial charge in [-0.1, -0.05) is 0 Å². The van der Waals surface area contributed by atoms with Crippen LogP contribution >= 0.6 is 0 Å². The second-order valence-corrected chi connectivity index (χ2v) is 2.12. The van der Waals surface area contributed by atoms with Gasteiger partial charge in [0.1, 0.15) is 0 Å². The quantitative estimate of drug-likeness (QED) is 0.666. The highest BCUT2D eigenvalue weighted by atomic mass is 16.5. The number of anilines is 1. The van der Waals surface area contributed by atoms with Gasteiger partial charge >= 0.3 is 5.97 Å². The van der Waals surface area contributed by atoms with Crippen molar-refractivity contribution in [2.45, 2.75) is 0 Å². The molecule has 1 aromatic rings. The van der Waals surface area contributed by atoms with E-state index >= 15 is 0 Å². The Bertz CT molecular complexity index is 312. The summed E-state index contributed by atoms with van der Waals surface area (Å²) in [5.74, 6) is -0.964. The molecule has 0 amide bonds. The Kier molecular flexibility index (Phi) is 2.14. The molecule has 1 rings (SSSR count). The number of hydrogen-bond acceptors (Lipinski definition) is 4. The van der Waals surface area contributed by atoms with Crippen molar-refractivity contribution in [2.75, 3.05) is 12.8 Å². The third-order valence-corrected chi connectivity index (χ3v) is 1.30. The second-order valence-electron chi connectivity index (χ2n) is 2.12. The van der Waals surface area contributed by atoms with Gasteiger partial charge in [0.2, 0.25) is 0 Å². The van der Waals surface area contributed by atoms with E-state index < -0.39 is 5.97 Å². The van der Waals surface area contributed by atoms with Crippen LogP contribution in [0.1, 0.15) is 10.5 Å². The predicted octanol–water partition coefficient (Wildman–Crippen LogP) is 0.371. The molecule has 0 aliphatic rings. The molecular weight excluding hydrogens is 160 g/mol. The Morgan fingerprint density at radius 2 is 2.42 bits per heavy atom. The number of aromatic nitrogens is 1. The average molecular weight is 168 g/mol. The molecule has 0 radical (unpaired) electrons. The Balaban J connectivity index is 3.20. The Labute approximate surface area is 68.8 Å². The summed E-state index contributed by atoms with van der Waals surface area (Å²) in [6.45, 7) is 0. The molecule has 0 bridgehead atoms. The van der Waals surface area contributed by atoms with Crippen molar-refractivity contribution in [3.05, 3.63) is 18.0 Å². The van der Waals surface area contributed by atoms with Gasteiger partial charge in [-0.2, -0.15) is 0 Å². The van der Waals surface area contributed by atoms with Gasteiger partial charge in [0.25, 0.3) is 0 Å². The summed E-state index contributed by atoms with van der Waals surface area (Å²) in [6.07, 6.45) is 1.27. The minimum atomic E-state index is -1.13. The monoisotopic (exact) mass is 168 g/mol. The highest BCUT2D eigenvalue weighted by Gasteiger charge is 2.11. The maximum atomic E-state index is 10.5. The first-order chi connectivity index (χ1) is 5.65. The molecule has 5 nitrogen and oxygen atoms in total. The molecule has 0 fully saturated rings. The Morgan fingerprint density at radius 3 is 2.92 bits per heavy atom. The molecule has 12 heavy (non-hydrogen) atoms. The molecule has 1 aromatic heterocycles. The van der Waals surface area contributed by atoms with Crippen LogP contribution in [-0.4, -0.2) is 23.2 Å². The first-order valence-electron chi connectivity index (χ1n) is 3.18. The van der Waals surface area contributed by atoms with Gasteiger partial charge in [0.15, 0.2) is 11.4 Å². The van der Waals surface area contributed by atoms with Crippen LogP contribution in [0.25, 0.3) is 0 Å². The number of carboxylic acid groups (broad SMARTS) is 1. The number of pyridine rings is 1. The SMILES string of the molecule is COc1cc(N)cnc1C(=O)O. The lowest BCUT2D eigenvalue weighted by Crippen LogP contribution is -2.04. The number of nitrogens with zero attached hydrogens (tertiary/aromatic N) is 1. The lowest BCUT2D eigenvalue weighted by Gasteiger charge is -2.03. The molecular formula is C7H8N2O3. The van der Waals surface area contributed by atoms with Crippen molar-refractivity contribution in [1.82, 2.24) is 4.98 Å². The molecule has 0 saturated heterocycles. The molecule has 0 atom stereocenters. The van der Waals surface area contributed by atoms with Crippen LogP contribution in [0.15, 0.2) is 12.3 Å². The number of ether oxygens (including phenoxy) is 1. The zero-order valence-corrected chi connectivity index (χ0v) is 6.44. The van der Waals surface area contributed by atoms with Crippen molar-refractivity contribution in [3.8, 4) is 5.75 Å². The molecule has 0 spiro atoms. The largest absolute Gasteiger partial charge is 0.494 e. The summed E-state index contributed by atoms with van der Waals surface area (Å²) >= 11 is 0. The van der Waals surface area contributed by atoms with E-state index in [0.29, 0.717) is 5.69 Å². The number of carboxylic acids is 1. The van der Waals surface area contributed by atoms with Gasteiger partial charge in [-0.3, -0.25) is 0 Å². The number of aromatic carboxylic acids is 1. The summed E-state index contributed by atoms with van der Waals surface area (Å²) < 4.78 is 4.76. The lowest BCUT2D eigenvalue weighted by atomic mass is 10.3. The number of methoxy groups -OCH3 is 1. The number of nitrogen functional groups attached to an aromatic ring is 1. The fourth-order valence-electron chi connectivity index (χ4n) is 0.776. The van der Waals surface area contributed by atoms with Gasteiger partial charge in [-0.05, 0) is 0 Å². The fraction of sp³-hybridized carbons (Fsp3) is 0.143. The van der Waals surface area contributed by atoms with Gasteiger partial charge in [-0.25, -0.2) is 9.78 Å². The third-order valence-electron chi connectivity index (χ3n) is 1.30. The second kappa shape index (κ2) is 3.08. The van der Waals surface area contributed by atoms with Crippen LogP contribution in [0.5, 0.6) is 5.75 Å². The molecule has 0 saturated carbocycles. The standard InChI is InChI=1S/C7H8N2O3/c1-12-5-2-4(8)3-9-6(5)7(10)11/h2-3H,8H2,1H3,(H,10,11). The molecule has 3 N–H and O–H groups in total. The number of nitrogens with two attached hydrogens (primary N) is 1. The van der Waals surface area contributed by atoms with Gasteiger partial charge < -0.3 is 15.6 Å². The fourth-order valence-corrected chi connectivity index (χ4v) is 0.776. The van der Waals surface area contributed by atoms with E-state index in [9.17, 15) is 4.79 Å². The zero-order chi connectivity index (χ0) is 9.14. The van der Waals surface area contributed by atoms with Crippen molar-refractivity contribution in [3.63, 3.8) is 0 Å². The van der Waals surface area contributed by atoms with Crippen LogP contribution in [0.3, 0.4) is 0 Å². The van der Waals surface area contributed by atoms with E-state index in [0.717, 1.165) is 0 Å². The van der Waals surface area contributed by atoms with Crippen molar-refractivity contribution in [1.29, 1.82) is 0 Å². The smallest absolute Gasteiger partial charge is 0.358 e. The van der Waals surface area contributed by atoms with Crippen LogP contribution in [-0.2, 0) is 0 Å². The summed E-state index contributed by atoms with van der Waals surface area (Å²) in [5, 5.41) is 8.60. The van der Waals surface area contributed by atoms with E-state index in [2.05, 4.69) is 4.98 Å². The number of rotatable bonds is 2. The minimum Gasteiger partial charge on any atom is -0.494 e. The van der Waals surface area contributed by atoms with Crippen LogP contribution in [0.4, 0.5) is 5.69 Å². The molecule has 1 heterocycles. The normalized spacial score (nSPS) is 9.42. The Hall–Kier alpha value is -1.78. The van der Waals surface area contributed by atoms with Crippen molar-refractivity contribution < 1.29 is 14.6 Å². The van der Waals surface area contributed by atoms with E-state index in [1.165, 1.54) is 19.4 Å². The molecule has 5 heteroatoms. The van der Waals surface area contributed by atoms with Crippen LogP contribution < -0.4 is 10.5 Å². The lowest BCUT2D eigenvalue weighted by molar-refractivity contribution is 0.0686. The van der Waals surface area contributed by atoms with Crippen molar-refractivity contribution >= 4 is 11.7 Å². The molecule has 0 aliphatic heterocycles. The number of carbonyl (C=O) groups is 1. The summed E-state index contributed by atoms with van der Waals surface area (Å²) in [7, 11) is 1.36. The molecule has 0 aromatic carbocycles. The number of hydrogen-bond donors (Lipinski definition) is 2. The average Bonchev–Trinajstić information content (AvgIpc) is 2.03. The zero-order valence-electron chi connectivity index (χ0n) is 6.44. The Morgan fingerprint density at radius 1 is 1.75 bits per heavy atom. The third kappa shape index (κ3) is 1.45. The van der Waals surface area contributed by atoms with Crippen LogP contribution in [0.2, 0.25) is 0 Å². The van der Waals surface area contributed by atoms with Crippen LogP contribution in [0, 0.1) is 0 Å². The molecule has 0 unspecified atom stereocenters. The molecule has 64 valence electrons. The van der Waals surface area contributed by atoms with E-state index in [1.807, 2.05) is 0 Å². The van der Waals surface area contributed by atoms with Gasteiger partial charge in [-0.15, -0.1) is 0 Å². The first-order valence-corrected chi connectivity index (χ1v) is 3.18. The van der Waals surface area contributed by atoms with Gasteiger partial charge in [0.05, 0.1) is 19.0 Å². The minimum absolute atomic E-state index is 0.133. The predicted molar refractivity (Wildman–Crippen MR) is 42.2 cm³/mol. The highest BCUT2D eigenvalue weighted by molar-refractivity contribution is 5.88. The van der Waals surface area contributed by atoms with E-state index in [4.69, 9.17) is 15.6 Å². The van der Waals surface area contributed by atoms with Gasteiger partial charge in [0, 0.05) is 6.07 Å². The maximum Gasteiger partial charge on any atom is 0.358 e. The van der Waals surface area contributed by atoms with E-state index in [-0.39, 0.29) is 11.4 Å². The molecule has 0 aliphatic carbocycles. The summed E-state index contributed by atoms with van der Waals surface area (Å²) in [5.41, 5.74) is 5.61. The van der Waals surface area contributed by atoms with Crippen molar-refractivity contribution in [2.24, 2.45) is 0 Å². The summed E-state index contributed by atoms with van der Waals surface area (Å²) in [6, 6.07) is 1.41.